The standard InChI is InChI=1S/C14H8BrNO4S/c15-8-3-1-2-7-6-10(20-11(7)8)13(17)16-9-4-5-21-12(9)14(18)19/h1-6H,(H,16,17)(H,18,19). The van der Waals surface area contributed by atoms with Gasteiger partial charge < -0.3 is 14.8 Å². The van der Waals surface area contributed by atoms with Crippen molar-refractivity contribution in [3.63, 3.8) is 0 Å². The predicted octanol–water partition coefficient (Wildman–Crippen LogP) is 4.21. The van der Waals surface area contributed by atoms with E-state index in [2.05, 4.69) is 21.2 Å². The lowest BCUT2D eigenvalue weighted by molar-refractivity contribution is 0.0703. The van der Waals surface area contributed by atoms with Crippen molar-refractivity contribution in [2.24, 2.45) is 0 Å². The second kappa shape index (κ2) is 5.34. The first-order valence-corrected chi connectivity index (χ1v) is 7.53. The van der Waals surface area contributed by atoms with E-state index < -0.39 is 11.9 Å². The van der Waals surface area contributed by atoms with Crippen molar-refractivity contribution in [1.29, 1.82) is 0 Å². The van der Waals surface area contributed by atoms with E-state index in [1.165, 1.54) is 0 Å². The van der Waals surface area contributed by atoms with Crippen LogP contribution >= 0.6 is 27.3 Å². The summed E-state index contributed by atoms with van der Waals surface area (Å²) < 4.78 is 6.26. The van der Waals surface area contributed by atoms with Crippen LogP contribution < -0.4 is 5.32 Å². The van der Waals surface area contributed by atoms with Gasteiger partial charge in [-0.1, -0.05) is 12.1 Å². The molecule has 1 aromatic carbocycles. The maximum atomic E-state index is 12.2. The van der Waals surface area contributed by atoms with Crippen molar-refractivity contribution in [1.82, 2.24) is 0 Å². The first kappa shape index (κ1) is 13.8. The normalized spacial score (nSPS) is 10.7. The van der Waals surface area contributed by atoms with Gasteiger partial charge in [0, 0.05) is 5.39 Å². The number of carbonyl (C=O) groups is 2. The van der Waals surface area contributed by atoms with E-state index in [0.29, 0.717) is 5.58 Å². The van der Waals surface area contributed by atoms with Gasteiger partial charge in [-0.05, 0) is 39.5 Å². The minimum absolute atomic E-state index is 0.0839. The molecule has 0 atom stereocenters. The van der Waals surface area contributed by atoms with Gasteiger partial charge in [-0.3, -0.25) is 4.79 Å². The molecule has 0 fully saturated rings. The zero-order valence-corrected chi connectivity index (χ0v) is 12.8. The average molecular weight is 366 g/mol. The number of rotatable bonds is 3. The molecule has 1 amide bonds. The highest BCUT2D eigenvalue weighted by molar-refractivity contribution is 9.10. The Morgan fingerprint density at radius 2 is 2.10 bits per heavy atom. The molecule has 7 heteroatoms. The summed E-state index contributed by atoms with van der Waals surface area (Å²) in [5.41, 5.74) is 0.837. The van der Waals surface area contributed by atoms with E-state index in [9.17, 15) is 9.59 Å². The SMILES string of the molecule is O=C(Nc1ccsc1C(=O)O)c1cc2cccc(Br)c2o1. The maximum absolute atomic E-state index is 12.2. The molecular formula is C14H8BrNO4S. The largest absolute Gasteiger partial charge is 0.477 e. The van der Waals surface area contributed by atoms with E-state index >= 15 is 0 Å². The van der Waals surface area contributed by atoms with E-state index in [0.717, 1.165) is 21.2 Å². The number of hydrogen-bond acceptors (Lipinski definition) is 4. The molecule has 21 heavy (non-hydrogen) atoms. The smallest absolute Gasteiger partial charge is 0.348 e. The molecule has 106 valence electrons. The fraction of sp³-hybridized carbons (Fsp3) is 0. The summed E-state index contributed by atoms with van der Waals surface area (Å²) in [6.45, 7) is 0. The van der Waals surface area contributed by atoms with Gasteiger partial charge in [0.1, 0.15) is 10.5 Å². The van der Waals surface area contributed by atoms with Gasteiger partial charge in [0.15, 0.2) is 5.76 Å². The Morgan fingerprint density at radius 3 is 2.81 bits per heavy atom. The van der Waals surface area contributed by atoms with Gasteiger partial charge in [0.2, 0.25) is 0 Å². The Bertz CT molecular complexity index is 852. The van der Waals surface area contributed by atoms with Gasteiger partial charge in [0.25, 0.3) is 5.91 Å². The van der Waals surface area contributed by atoms with Crippen LogP contribution in [0.25, 0.3) is 11.0 Å². The molecule has 0 aliphatic carbocycles. The molecule has 0 bridgehead atoms. The number of halogens is 1. The number of amides is 1. The van der Waals surface area contributed by atoms with Crippen molar-refractivity contribution in [2.45, 2.75) is 0 Å². The molecular weight excluding hydrogens is 358 g/mol. The summed E-state index contributed by atoms with van der Waals surface area (Å²) in [5.74, 6) is -1.44. The summed E-state index contributed by atoms with van der Waals surface area (Å²) in [6, 6.07) is 8.64. The monoisotopic (exact) mass is 365 g/mol. The van der Waals surface area contributed by atoms with Crippen LogP contribution in [0.5, 0.6) is 0 Å². The van der Waals surface area contributed by atoms with Crippen molar-refractivity contribution in [3.05, 3.63) is 50.8 Å². The molecule has 0 radical (unpaired) electrons. The van der Waals surface area contributed by atoms with Crippen molar-refractivity contribution < 1.29 is 19.1 Å². The zero-order chi connectivity index (χ0) is 15.0. The Morgan fingerprint density at radius 1 is 1.29 bits per heavy atom. The van der Waals surface area contributed by atoms with Gasteiger partial charge in [-0.2, -0.15) is 0 Å². The van der Waals surface area contributed by atoms with Crippen LogP contribution in [0.15, 0.2) is 44.6 Å². The number of para-hydroxylation sites is 1. The lowest BCUT2D eigenvalue weighted by Gasteiger charge is -2.01. The lowest BCUT2D eigenvalue weighted by Crippen LogP contribution is -2.12. The molecule has 0 aliphatic rings. The van der Waals surface area contributed by atoms with E-state index in [1.807, 2.05) is 18.2 Å². The second-order valence-electron chi connectivity index (χ2n) is 4.19. The topological polar surface area (TPSA) is 79.5 Å². The molecule has 0 spiro atoms. The van der Waals surface area contributed by atoms with Gasteiger partial charge in [-0.15, -0.1) is 11.3 Å². The quantitative estimate of drug-likeness (QED) is 0.728. The number of hydrogen-bond donors (Lipinski definition) is 2. The molecule has 2 N–H and O–H groups in total. The van der Waals surface area contributed by atoms with Crippen LogP contribution in [0.2, 0.25) is 0 Å². The summed E-state index contributed by atoms with van der Waals surface area (Å²) in [4.78, 5) is 23.3. The van der Waals surface area contributed by atoms with Gasteiger partial charge in [0.05, 0.1) is 10.2 Å². The van der Waals surface area contributed by atoms with E-state index in [4.69, 9.17) is 9.52 Å². The minimum atomic E-state index is -1.08. The molecule has 2 aromatic heterocycles. The molecule has 0 aliphatic heterocycles. The van der Waals surface area contributed by atoms with E-state index in [-0.39, 0.29) is 16.3 Å². The Balaban J connectivity index is 1.92. The van der Waals surface area contributed by atoms with Crippen LogP contribution in [0.3, 0.4) is 0 Å². The lowest BCUT2D eigenvalue weighted by atomic mass is 10.2. The Hall–Kier alpha value is -2.12. The van der Waals surface area contributed by atoms with Crippen molar-refractivity contribution >= 4 is 55.8 Å². The molecule has 0 unspecified atom stereocenters. The number of thiophene rings is 1. The highest BCUT2D eigenvalue weighted by atomic mass is 79.9. The number of carboxylic acid groups (broad SMARTS) is 1. The summed E-state index contributed by atoms with van der Waals surface area (Å²) in [7, 11) is 0. The summed E-state index contributed by atoms with van der Waals surface area (Å²) in [6.07, 6.45) is 0. The fourth-order valence-corrected chi connectivity index (χ4v) is 3.05. The van der Waals surface area contributed by atoms with Crippen LogP contribution in [0, 0.1) is 0 Å². The zero-order valence-electron chi connectivity index (χ0n) is 10.4. The van der Waals surface area contributed by atoms with Crippen LogP contribution in [0.1, 0.15) is 20.2 Å². The van der Waals surface area contributed by atoms with E-state index in [1.54, 1.807) is 17.5 Å². The highest BCUT2D eigenvalue weighted by Gasteiger charge is 2.18. The van der Waals surface area contributed by atoms with Gasteiger partial charge >= 0.3 is 5.97 Å². The maximum Gasteiger partial charge on any atom is 0.348 e. The number of carboxylic acids is 1. The average Bonchev–Trinajstić information content (AvgIpc) is 3.05. The van der Waals surface area contributed by atoms with Crippen molar-refractivity contribution in [3.8, 4) is 0 Å². The third-order valence-electron chi connectivity index (χ3n) is 2.83. The third kappa shape index (κ3) is 2.57. The molecule has 0 saturated carbocycles. The predicted molar refractivity (Wildman–Crippen MR) is 83.1 cm³/mol. The molecule has 0 saturated heterocycles. The number of anilines is 1. The second-order valence-corrected chi connectivity index (χ2v) is 5.96. The van der Waals surface area contributed by atoms with Crippen molar-refractivity contribution in [2.75, 3.05) is 5.32 Å². The molecule has 2 heterocycles. The first-order chi connectivity index (χ1) is 10.1. The van der Waals surface area contributed by atoms with Crippen LogP contribution in [-0.4, -0.2) is 17.0 Å². The van der Waals surface area contributed by atoms with Crippen LogP contribution in [0.4, 0.5) is 5.69 Å². The summed E-state index contributed by atoms with van der Waals surface area (Å²) in [5, 5.41) is 14.0. The van der Waals surface area contributed by atoms with Gasteiger partial charge in [-0.25, -0.2) is 4.79 Å². The Kier molecular flexibility index (Phi) is 3.52. The number of nitrogens with one attached hydrogen (secondary N) is 1. The minimum Gasteiger partial charge on any atom is -0.477 e. The molecule has 3 rings (SSSR count). The number of aromatic carboxylic acids is 1. The highest BCUT2D eigenvalue weighted by Crippen LogP contribution is 2.28. The molecule has 3 aromatic rings. The third-order valence-corrected chi connectivity index (χ3v) is 4.35. The number of benzene rings is 1. The number of furan rings is 1. The molecule has 5 nitrogen and oxygen atoms in total. The number of fused-ring (bicyclic) bond motifs is 1. The Labute approximate surface area is 131 Å². The first-order valence-electron chi connectivity index (χ1n) is 5.86. The van der Waals surface area contributed by atoms with Crippen LogP contribution in [-0.2, 0) is 0 Å². The summed E-state index contributed by atoms with van der Waals surface area (Å²) >= 11 is 4.40. The fourth-order valence-electron chi connectivity index (χ4n) is 1.90. The number of carbonyl (C=O) groups excluding carboxylic acids is 1.